The smallest absolute Gasteiger partial charge is 0.369 e. The highest BCUT2D eigenvalue weighted by Crippen LogP contribution is 2.22. The molecule has 0 bridgehead atoms. The first-order valence-electron chi connectivity index (χ1n) is 5.09. The van der Waals surface area contributed by atoms with E-state index in [4.69, 9.17) is 5.26 Å². The molecule has 0 saturated carbocycles. The van der Waals surface area contributed by atoms with Crippen molar-refractivity contribution in [3.05, 3.63) is 35.7 Å². The molecule has 19 heavy (non-hydrogen) atoms. The Bertz CT molecular complexity index is 729. The van der Waals surface area contributed by atoms with E-state index in [0.717, 1.165) is 16.7 Å². The first kappa shape index (κ1) is 11.4. The topological polar surface area (TPSA) is 97.9 Å². The average Bonchev–Trinajstić information content (AvgIpc) is 2.94. The standard InChI is InChI=1S/C11H4N4O3S/c12-5-19-7-3-1-6(2-4-7)15-9-8(13-14-15)10(16)18-11(9)17/h1-4H. The van der Waals surface area contributed by atoms with Crippen LogP contribution in [0.25, 0.3) is 5.69 Å². The fourth-order valence-corrected chi connectivity index (χ4v) is 2.05. The van der Waals surface area contributed by atoms with Crippen LogP contribution < -0.4 is 0 Å². The summed E-state index contributed by atoms with van der Waals surface area (Å²) in [4.78, 5) is 23.5. The van der Waals surface area contributed by atoms with Crippen LogP contribution >= 0.6 is 11.8 Å². The van der Waals surface area contributed by atoms with Gasteiger partial charge in [0, 0.05) is 4.90 Å². The number of thiocyanates is 1. The molecule has 0 amide bonds. The van der Waals surface area contributed by atoms with Crippen molar-refractivity contribution in [2.45, 2.75) is 4.90 Å². The zero-order valence-corrected chi connectivity index (χ0v) is 10.0. The number of rotatable bonds is 2. The van der Waals surface area contributed by atoms with Crippen LogP contribution in [-0.2, 0) is 4.74 Å². The quantitative estimate of drug-likeness (QED) is 0.350. The second kappa shape index (κ2) is 4.22. The van der Waals surface area contributed by atoms with Crippen molar-refractivity contribution in [3.8, 4) is 11.1 Å². The predicted molar refractivity (Wildman–Crippen MR) is 62.6 cm³/mol. The Morgan fingerprint density at radius 1 is 1.21 bits per heavy atom. The zero-order chi connectivity index (χ0) is 13.4. The van der Waals surface area contributed by atoms with Crippen LogP contribution in [0.15, 0.2) is 29.2 Å². The van der Waals surface area contributed by atoms with Gasteiger partial charge in [0.15, 0.2) is 5.69 Å². The molecule has 1 aromatic carbocycles. The fraction of sp³-hybridized carbons (Fsp3) is 0. The summed E-state index contributed by atoms with van der Waals surface area (Å²) in [7, 11) is 0. The molecule has 0 radical (unpaired) electrons. The van der Waals surface area contributed by atoms with Crippen LogP contribution in [0.5, 0.6) is 0 Å². The number of cyclic esters (lactones) is 2. The number of ether oxygens (including phenoxy) is 1. The molecule has 1 aliphatic rings. The van der Waals surface area contributed by atoms with Gasteiger partial charge in [-0.2, -0.15) is 5.26 Å². The summed E-state index contributed by atoms with van der Waals surface area (Å²) < 4.78 is 5.69. The van der Waals surface area contributed by atoms with Crippen molar-refractivity contribution in [2.75, 3.05) is 0 Å². The lowest BCUT2D eigenvalue weighted by molar-refractivity contribution is 0.0434. The van der Waals surface area contributed by atoms with Gasteiger partial charge >= 0.3 is 11.9 Å². The van der Waals surface area contributed by atoms with E-state index in [0.29, 0.717) is 5.69 Å². The molecule has 0 unspecified atom stereocenters. The first-order chi connectivity index (χ1) is 9.20. The number of nitrogens with zero attached hydrogens (tertiary/aromatic N) is 4. The molecule has 1 aliphatic heterocycles. The second-order valence-corrected chi connectivity index (χ2v) is 4.42. The summed E-state index contributed by atoms with van der Waals surface area (Å²) in [6.45, 7) is 0. The van der Waals surface area contributed by atoms with Gasteiger partial charge < -0.3 is 4.74 Å². The van der Waals surface area contributed by atoms with Gasteiger partial charge in [0.2, 0.25) is 5.69 Å². The van der Waals surface area contributed by atoms with Crippen molar-refractivity contribution in [1.82, 2.24) is 15.0 Å². The number of hydrogen-bond acceptors (Lipinski definition) is 7. The van der Waals surface area contributed by atoms with E-state index in [1.165, 1.54) is 4.68 Å². The Morgan fingerprint density at radius 2 is 1.95 bits per heavy atom. The van der Waals surface area contributed by atoms with E-state index in [1.54, 1.807) is 24.3 Å². The van der Waals surface area contributed by atoms with E-state index in [9.17, 15) is 9.59 Å². The summed E-state index contributed by atoms with van der Waals surface area (Å²) in [6, 6.07) is 6.76. The number of carbonyl (C=O) groups excluding carboxylic acids is 2. The van der Waals surface area contributed by atoms with Gasteiger partial charge in [-0.1, -0.05) is 5.21 Å². The minimum absolute atomic E-state index is 0.0192. The number of aromatic nitrogens is 3. The van der Waals surface area contributed by atoms with E-state index in [2.05, 4.69) is 15.0 Å². The Morgan fingerprint density at radius 3 is 2.63 bits per heavy atom. The maximum absolute atomic E-state index is 11.5. The highest BCUT2D eigenvalue weighted by atomic mass is 32.2. The molecule has 8 heteroatoms. The summed E-state index contributed by atoms with van der Waals surface area (Å²) in [5.41, 5.74) is 0.494. The summed E-state index contributed by atoms with van der Waals surface area (Å²) in [6.07, 6.45) is 0. The van der Waals surface area contributed by atoms with E-state index >= 15 is 0 Å². The van der Waals surface area contributed by atoms with Gasteiger partial charge in [0.1, 0.15) is 5.40 Å². The predicted octanol–water partition coefficient (Wildman–Crippen LogP) is 1.15. The van der Waals surface area contributed by atoms with Gasteiger partial charge in [0.05, 0.1) is 5.69 Å². The minimum atomic E-state index is -0.789. The largest absolute Gasteiger partial charge is 0.383 e. The molecule has 0 fully saturated rings. The third-order valence-electron chi connectivity index (χ3n) is 2.49. The molecule has 92 valence electrons. The maximum Gasteiger partial charge on any atom is 0.369 e. The zero-order valence-electron chi connectivity index (χ0n) is 9.23. The third-order valence-corrected chi connectivity index (χ3v) is 3.09. The Hall–Kier alpha value is -2.66. The van der Waals surface area contributed by atoms with Crippen LogP contribution in [0.1, 0.15) is 21.0 Å². The summed E-state index contributed by atoms with van der Waals surface area (Å²) >= 11 is 1.02. The van der Waals surface area contributed by atoms with E-state index in [1.807, 2.05) is 5.40 Å². The number of thioether (sulfide) groups is 1. The maximum atomic E-state index is 11.5. The highest BCUT2D eigenvalue weighted by molar-refractivity contribution is 8.03. The number of esters is 2. The van der Waals surface area contributed by atoms with Gasteiger partial charge in [-0.25, -0.2) is 14.3 Å². The highest BCUT2D eigenvalue weighted by Gasteiger charge is 2.37. The number of nitriles is 1. The molecule has 1 aromatic heterocycles. The van der Waals surface area contributed by atoms with Gasteiger partial charge in [0.25, 0.3) is 0 Å². The van der Waals surface area contributed by atoms with Crippen molar-refractivity contribution < 1.29 is 14.3 Å². The molecular formula is C11H4N4O3S. The molecule has 0 atom stereocenters. The van der Waals surface area contributed by atoms with E-state index in [-0.39, 0.29) is 11.4 Å². The van der Waals surface area contributed by atoms with Crippen LogP contribution in [0.4, 0.5) is 0 Å². The Kier molecular flexibility index (Phi) is 2.54. The number of fused-ring (bicyclic) bond motifs is 1. The number of hydrogen-bond donors (Lipinski definition) is 0. The molecule has 0 N–H and O–H groups in total. The third kappa shape index (κ3) is 1.76. The van der Waals surface area contributed by atoms with Crippen molar-refractivity contribution in [1.29, 1.82) is 5.26 Å². The van der Waals surface area contributed by atoms with Gasteiger partial charge in [-0.3, -0.25) is 0 Å². The number of carbonyl (C=O) groups is 2. The normalized spacial score (nSPS) is 13.0. The molecular weight excluding hydrogens is 268 g/mol. The van der Waals surface area contributed by atoms with Crippen LogP contribution in [0.2, 0.25) is 0 Å². The Labute approximate surface area is 110 Å². The summed E-state index contributed by atoms with van der Waals surface area (Å²) in [5, 5.41) is 17.9. The monoisotopic (exact) mass is 272 g/mol. The lowest BCUT2D eigenvalue weighted by Gasteiger charge is -2.02. The lowest BCUT2D eigenvalue weighted by Crippen LogP contribution is -2.08. The van der Waals surface area contributed by atoms with Gasteiger partial charge in [-0.05, 0) is 36.0 Å². The lowest BCUT2D eigenvalue weighted by atomic mass is 10.3. The van der Waals surface area contributed by atoms with E-state index < -0.39 is 11.9 Å². The Balaban J connectivity index is 2.05. The molecule has 0 aliphatic carbocycles. The number of benzene rings is 1. The molecule has 2 aromatic rings. The molecule has 0 saturated heterocycles. The van der Waals surface area contributed by atoms with Crippen molar-refractivity contribution in [2.24, 2.45) is 0 Å². The fourth-order valence-electron chi connectivity index (χ4n) is 1.67. The summed E-state index contributed by atoms with van der Waals surface area (Å²) in [5.74, 6) is -1.55. The minimum Gasteiger partial charge on any atom is -0.383 e. The average molecular weight is 272 g/mol. The van der Waals surface area contributed by atoms with Crippen LogP contribution in [0, 0.1) is 10.7 Å². The van der Waals surface area contributed by atoms with Crippen LogP contribution in [0.3, 0.4) is 0 Å². The van der Waals surface area contributed by atoms with Crippen LogP contribution in [-0.4, -0.2) is 26.9 Å². The molecule has 2 heterocycles. The van der Waals surface area contributed by atoms with Crippen molar-refractivity contribution >= 4 is 23.7 Å². The first-order valence-corrected chi connectivity index (χ1v) is 5.91. The molecule has 0 spiro atoms. The SMILES string of the molecule is N#CSc1ccc(-n2nnc3c2C(=O)OC3=O)cc1. The second-order valence-electron chi connectivity index (χ2n) is 3.56. The van der Waals surface area contributed by atoms with Gasteiger partial charge in [-0.15, -0.1) is 5.10 Å². The molecule has 7 nitrogen and oxygen atoms in total. The molecule has 3 rings (SSSR count). The van der Waals surface area contributed by atoms with Crippen molar-refractivity contribution in [3.63, 3.8) is 0 Å².